The van der Waals surface area contributed by atoms with E-state index in [1.165, 1.54) is 18.6 Å². The van der Waals surface area contributed by atoms with Gasteiger partial charge in [-0.1, -0.05) is 54.6 Å². The molecule has 10 nitrogen and oxygen atoms in total. The van der Waals surface area contributed by atoms with Gasteiger partial charge in [0.1, 0.15) is 28.4 Å². The fourth-order valence-corrected chi connectivity index (χ4v) is 8.13. The number of carboxylic acid groups (broad SMARTS) is 2. The number of pyridine rings is 1. The molecular formula is C43H40N2O8. The topological polar surface area (TPSA) is 161 Å². The zero-order valence-electron chi connectivity index (χ0n) is 29.1. The van der Waals surface area contributed by atoms with E-state index in [-0.39, 0.29) is 23.6 Å². The van der Waals surface area contributed by atoms with Crippen molar-refractivity contribution < 1.29 is 39.9 Å². The largest absolute Gasteiger partial charge is 0.507 e. The molecule has 0 aliphatic carbocycles. The zero-order valence-corrected chi connectivity index (χ0v) is 29.1. The van der Waals surface area contributed by atoms with Gasteiger partial charge in [-0.25, -0.2) is 9.59 Å². The standard InChI is InChI=1S/C23H16O6.C20H24N2O2/c24-20-16(14-7-3-1-5-12(14)9-18(20)22(26)27)11-17-15-8-4-2-6-13(15)10-19(21(17)25)23(28)29;1-3-13-12-22-9-7-14(13)10-19(22)20(23)16-6-8-21-18-5-4-15(24-2)11-17(16)18/h1-10,24-25H,11H2,(H,26,27)(H,28,29);3-6,8,11,13-14,19-20,23H,1,7,9-10,12H2,2H3/t;13-,14-,19-,20+/m.0/s1. The van der Waals surface area contributed by atoms with Crippen molar-refractivity contribution in [1.29, 1.82) is 0 Å². The Labute approximate surface area is 305 Å². The number of rotatable bonds is 8. The Hall–Kier alpha value is -5.97. The van der Waals surface area contributed by atoms with Gasteiger partial charge >= 0.3 is 11.9 Å². The molecule has 1 aromatic heterocycles. The highest BCUT2D eigenvalue weighted by Crippen LogP contribution is 2.43. The van der Waals surface area contributed by atoms with Gasteiger partial charge < -0.3 is 30.3 Å². The number of aromatic hydroxyl groups is 2. The van der Waals surface area contributed by atoms with Crippen molar-refractivity contribution in [3.63, 3.8) is 0 Å². The summed E-state index contributed by atoms with van der Waals surface area (Å²) in [5, 5.41) is 54.9. The highest BCUT2D eigenvalue weighted by molar-refractivity contribution is 6.02. The molecule has 2 bridgehead atoms. The molecule has 3 fully saturated rings. The van der Waals surface area contributed by atoms with Crippen molar-refractivity contribution in [2.24, 2.45) is 11.8 Å². The number of benzene rings is 5. The van der Waals surface area contributed by atoms with Gasteiger partial charge in [0.15, 0.2) is 0 Å². The van der Waals surface area contributed by atoms with Gasteiger partial charge in [-0.2, -0.15) is 0 Å². The van der Waals surface area contributed by atoms with Crippen LogP contribution in [0.3, 0.4) is 0 Å². The number of nitrogens with zero attached hydrogens (tertiary/aromatic N) is 2. The van der Waals surface area contributed by atoms with Crippen LogP contribution < -0.4 is 4.74 Å². The normalized spacial score (nSPS) is 19.7. The molecular weight excluding hydrogens is 672 g/mol. The predicted molar refractivity (Wildman–Crippen MR) is 203 cm³/mol. The lowest BCUT2D eigenvalue weighted by Crippen LogP contribution is -2.54. The number of aromatic carboxylic acids is 2. The number of aliphatic hydroxyl groups is 1. The number of aromatic nitrogens is 1. The second-order valence-corrected chi connectivity index (χ2v) is 13.7. The predicted octanol–water partition coefficient (Wildman–Crippen LogP) is 7.56. The van der Waals surface area contributed by atoms with Crippen LogP contribution in [0, 0.1) is 11.8 Å². The molecule has 3 aliphatic rings. The first-order valence-corrected chi connectivity index (χ1v) is 17.5. The maximum Gasteiger partial charge on any atom is 0.339 e. The maximum atomic E-state index is 11.6. The molecule has 5 atom stereocenters. The third-order valence-electron chi connectivity index (χ3n) is 10.9. The van der Waals surface area contributed by atoms with Crippen LogP contribution in [0.5, 0.6) is 17.2 Å². The number of carbonyl (C=O) groups is 2. The van der Waals surface area contributed by atoms with Crippen molar-refractivity contribution in [3.05, 3.63) is 132 Å². The first-order valence-electron chi connectivity index (χ1n) is 17.5. The number of aliphatic hydroxyl groups excluding tert-OH is 1. The van der Waals surface area contributed by atoms with E-state index in [2.05, 4.69) is 22.5 Å². The van der Waals surface area contributed by atoms with Crippen LogP contribution in [0.1, 0.15) is 56.4 Å². The van der Waals surface area contributed by atoms with E-state index in [0.717, 1.165) is 41.7 Å². The Kier molecular flexibility index (Phi) is 9.74. The molecule has 5 N–H and O–H groups in total. The lowest BCUT2D eigenvalue weighted by atomic mass is 9.73. The molecule has 9 rings (SSSR count). The van der Waals surface area contributed by atoms with E-state index >= 15 is 0 Å². The van der Waals surface area contributed by atoms with Crippen molar-refractivity contribution >= 4 is 44.4 Å². The molecule has 0 saturated carbocycles. The average Bonchev–Trinajstić information content (AvgIpc) is 3.18. The van der Waals surface area contributed by atoms with E-state index in [9.17, 15) is 35.1 Å². The Morgan fingerprint density at radius 2 is 1.49 bits per heavy atom. The molecule has 0 radical (unpaired) electrons. The van der Waals surface area contributed by atoms with E-state index in [1.54, 1.807) is 61.8 Å². The minimum Gasteiger partial charge on any atom is -0.507 e. The molecule has 10 heteroatoms. The minimum absolute atomic E-state index is 0.0407. The zero-order chi connectivity index (χ0) is 37.4. The van der Waals surface area contributed by atoms with E-state index in [0.29, 0.717) is 44.5 Å². The Morgan fingerprint density at radius 3 is 2.02 bits per heavy atom. The molecule has 270 valence electrons. The number of fused-ring (bicyclic) bond motifs is 6. The van der Waals surface area contributed by atoms with Gasteiger partial charge in [-0.05, 0) is 94.7 Å². The van der Waals surface area contributed by atoms with E-state index in [4.69, 9.17) is 4.74 Å². The van der Waals surface area contributed by atoms with Crippen LogP contribution in [0.4, 0.5) is 0 Å². The van der Waals surface area contributed by atoms with Crippen molar-refractivity contribution in [3.8, 4) is 17.2 Å². The summed E-state index contributed by atoms with van der Waals surface area (Å²) >= 11 is 0. The van der Waals surface area contributed by atoms with Crippen LogP contribution in [0.15, 0.2) is 104 Å². The molecule has 53 heavy (non-hydrogen) atoms. The SMILES string of the molecule is C=C[C@H]1C[N@]2CC[C@H]1C[C@H]2[C@H](O)c1ccnc2ccc(OC)cc12.O=C(O)c1cc2ccccc2c(Cc2c(O)c(C(=O)O)cc3ccccc23)c1O. The van der Waals surface area contributed by atoms with E-state index in [1.807, 2.05) is 24.3 Å². The number of hydrogen-bond donors (Lipinski definition) is 5. The maximum absolute atomic E-state index is 11.6. The molecule has 4 heterocycles. The van der Waals surface area contributed by atoms with Crippen molar-refractivity contribution in [2.75, 3.05) is 20.2 Å². The van der Waals surface area contributed by atoms with Gasteiger partial charge in [-0.3, -0.25) is 9.88 Å². The molecule has 5 aromatic carbocycles. The number of hydrogen-bond acceptors (Lipinski definition) is 8. The van der Waals surface area contributed by atoms with Gasteiger partial charge in [0.25, 0.3) is 0 Å². The number of piperidine rings is 3. The first kappa shape index (κ1) is 35.4. The summed E-state index contributed by atoms with van der Waals surface area (Å²) in [5.74, 6) is -1.35. The average molecular weight is 713 g/mol. The summed E-state index contributed by atoms with van der Waals surface area (Å²) in [6.07, 6.45) is 5.58. The third-order valence-corrected chi connectivity index (χ3v) is 10.9. The summed E-state index contributed by atoms with van der Waals surface area (Å²) in [4.78, 5) is 30.1. The van der Waals surface area contributed by atoms with Crippen LogP contribution in [0.2, 0.25) is 0 Å². The summed E-state index contributed by atoms with van der Waals surface area (Å²) in [7, 11) is 1.66. The lowest BCUT2D eigenvalue weighted by Gasteiger charge is -2.50. The first-order chi connectivity index (χ1) is 25.6. The second-order valence-electron chi connectivity index (χ2n) is 13.7. The Morgan fingerprint density at radius 1 is 0.887 bits per heavy atom. The van der Waals surface area contributed by atoms with Crippen LogP contribution in [-0.2, 0) is 6.42 Å². The van der Waals surface area contributed by atoms with Gasteiger partial charge in [0, 0.05) is 41.7 Å². The van der Waals surface area contributed by atoms with Crippen molar-refractivity contribution in [1.82, 2.24) is 9.88 Å². The van der Waals surface area contributed by atoms with Crippen LogP contribution >= 0.6 is 0 Å². The smallest absolute Gasteiger partial charge is 0.339 e. The van der Waals surface area contributed by atoms with Crippen LogP contribution in [-0.4, -0.2) is 73.6 Å². The molecule has 0 unspecified atom stereocenters. The van der Waals surface area contributed by atoms with Gasteiger partial charge in [0.05, 0.1) is 18.7 Å². The monoisotopic (exact) mass is 712 g/mol. The summed E-state index contributed by atoms with van der Waals surface area (Å²) in [6.45, 7) is 6.07. The third kappa shape index (κ3) is 6.63. The summed E-state index contributed by atoms with van der Waals surface area (Å²) < 4.78 is 5.35. The Bertz CT molecular complexity index is 2290. The van der Waals surface area contributed by atoms with Gasteiger partial charge in [-0.15, -0.1) is 6.58 Å². The fraction of sp³-hybridized carbons (Fsp3) is 0.233. The number of phenols is 2. The molecule has 3 saturated heterocycles. The summed E-state index contributed by atoms with van der Waals surface area (Å²) in [5.41, 5.74) is 1.96. The van der Waals surface area contributed by atoms with Gasteiger partial charge in [0.2, 0.25) is 0 Å². The molecule has 6 aromatic rings. The number of ether oxygens (including phenoxy) is 1. The van der Waals surface area contributed by atoms with Crippen molar-refractivity contribution in [2.45, 2.75) is 31.4 Å². The Balaban J connectivity index is 0.000000167. The molecule has 0 amide bonds. The highest BCUT2D eigenvalue weighted by atomic mass is 16.5. The number of methoxy groups -OCH3 is 1. The second kappa shape index (κ2) is 14.6. The van der Waals surface area contributed by atoms with Crippen LogP contribution in [0.25, 0.3) is 32.4 Å². The van der Waals surface area contributed by atoms with E-state index < -0.39 is 29.5 Å². The molecule has 0 spiro atoms. The summed E-state index contributed by atoms with van der Waals surface area (Å²) in [6, 6.07) is 24.7. The fourth-order valence-electron chi connectivity index (χ4n) is 8.13. The number of carboxylic acids is 2. The quantitative estimate of drug-likeness (QED) is 0.0997. The highest BCUT2D eigenvalue weighted by Gasteiger charge is 2.42. The lowest BCUT2D eigenvalue weighted by molar-refractivity contribution is -0.0444. The molecule has 3 aliphatic heterocycles. The minimum atomic E-state index is -1.28.